The van der Waals surface area contributed by atoms with Gasteiger partial charge in [0, 0.05) is 5.69 Å². The van der Waals surface area contributed by atoms with Crippen molar-refractivity contribution in [3.05, 3.63) is 65.2 Å². The number of carbonyl (C=O) groups excluding carboxylic acids is 2. The van der Waals surface area contributed by atoms with E-state index >= 15 is 0 Å². The minimum atomic E-state index is -1.05. The van der Waals surface area contributed by atoms with Crippen LogP contribution < -0.4 is 5.32 Å². The number of para-hydroxylation sites is 1. The number of anilines is 1. The summed E-state index contributed by atoms with van der Waals surface area (Å²) < 4.78 is 0. The fourth-order valence-corrected chi connectivity index (χ4v) is 3.44. The van der Waals surface area contributed by atoms with Crippen molar-refractivity contribution < 1.29 is 19.5 Å². The number of hydrogen-bond acceptors (Lipinski definition) is 5. The first-order valence-corrected chi connectivity index (χ1v) is 8.50. The van der Waals surface area contributed by atoms with Gasteiger partial charge in [-0.2, -0.15) is 0 Å². The van der Waals surface area contributed by atoms with Crippen LogP contribution in [-0.4, -0.2) is 32.5 Å². The molecule has 1 aliphatic heterocycles. The second kappa shape index (κ2) is 6.98. The van der Waals surface area contributed by atoms with E-state index in [1.165, 1.54) is 12.1 Å². The first-order chi connectivity index (χ1) is 12.0. The van der Waals surface area contributed by atoms with E-state index in [1.807, 2.05) is 31.2 Å². The molecule has 2 N–H and O–H groups in total. The van der Waals surface area contributed by atoms with Crippen molar-refractivity contribution in [1.82, 2.24) is 4.90 Å². The van der Waals surface area contributed by atoms with Crippen LogP contribution in [0.15, 0.2) is 48.5 Å². The Kier molecular flexibility index (Phi) is 4.76. The van der Waals surface area contributed by atoms with Gasteiger partial charge in [0.25, 0.3) is 11.1 Å². The van der Waals surface area contributed by atoms with Crippen molar-refractivity contribution in [3.8, 4) is 0 Å². The van der Waals surface area contributed by atoms with Crippen LogP contribution in [0.5, 0.6) is 0 Å². The van der Waals surface area contributed by atoms with Gasteiger partial charge in [-0.1, -0.05) is 30.3 Å². The molecular formula is C18H16N2O4S. The third kappa shape index (κ3) is 3.66. The van der Waals surface area contributed by atoms with Crippen LogP contribution in [0.25, 0.3) is 0 Å². The second-order valence-electron chi connectivity index (χ2n) is 5.65. The van der Waals surface area contributed by atoms with E-state index in [-0.39, 0.29) is 23.3 Å². The molecule has 1 aliphatic rings. The molecule has 0 radical (unpaired) electrons. The number of rotatable bonds is 5. The third-order valence-electron chi connectivity index (χ3n) is 3.88. The van der Waals surface area contributed by atoms with Gasteiger partial charge in [-0.05, 0) is 48.0 Å². The van der Waals surface area contributed by atoms with Gasteiger partial charge in [0.15, 0.2) is 5.37 Å². The third-order valence-corrected chi connectivity index (χ3v) is 4.85. The molecule has 25 heavy (non-hydrogen) atoms. The van der Waals surface area contributed by atoms with Crippen molar-refractivity contribution in [2.24, 2.45) is 0 Å². The molecule has 1 atom stereocenters. The van der Waals surface area contributed by atoms with E-state index in [0.717, 1.165) is 27.9 Å². The molecule has 1 fully saturated rings. The first kappa shape index (κ1) is 17.0. The lowest BCUT2D eigenvalue weighted by molar-refractivity contribution is -0.126. The standard InChI is InChI=1S/C18H16N2O4S/c1-11-5-2-3-8-14(11)19-15-16(21)20(18(24)25-15)10-12-6-4-7-13(9-12)17(22)23/h2-9,15,19H,10H2,1H3,(H,22,23)/t15-/m0/s1. The fraction of sp³-hybridized carbons (Fsp3) is 0.167. The summed E-state index contributed by atoms with van der Waals surface area (Å²) in [4.78, 5) is 37.0. The number of amides is 2. The van der Waals surface area contributed by atoms with E-state index in [2.05, 4.69) is 5.32 Å². The zero-order valence-electron chi connectivity index (χ0n) is 13.4. The molecule has 2 aromatic rings. The van der Waals surface area contributed by atoms with Crippen LogP contribution in [0.2, 0.25) is 0 Å². The summed E-state index contributed by atoms with van der Waals surface area (Å²) in [7, 11) is 0. The lowest BCUT2D eigenvalue weighted by Gasteiger charge is -2.16. The van der Waals surface area contributed by atoms with Crippen LogP contribution >= 0.6 is 11.8 Å². The van der Waals surface area contributed by atoms with Crippen molar-refractivity contribution in [2.45, 2.75) is 18.8 Å². The van der Waals surface area contributed by atoms with Crippen molar-refractivity contribution >= 4 is 34.6 Å². The number of carboxylic acids is 1. The number of carbonyl (C=O) groups is 3. The monoisotopic (exact) mass is 356 g/mol. The SMILES string of the molecule is Cc1ccccc1N[C@H]1SC(=O)N(Cc2cccc(C(=O)O)c2)C1=O. The second-order valence-corrected chi connectivity index (χ2v) is 6.71. The van der Waals surface area contributed by atoms with E-state index in [9.17, 15) is 14.4 Å². The van der Waals surface area contributed by atoms with Gasteiger partial charge in [-0.3, -0.25) is 14.5 Å². The highest BCUT2D eigenvalue weighted by Gasteiger charge is 2.39. The Morgan fingerprint density at radius 2 is 1.96 bits per heavy atom. The summed E-state index contributed by atoms with van der Waals surface area (Å²) in [5.74, 6) is -1.38. The van der Waals surface area contributed by atoms with Gasteiger partial charge >= 0.3 is 5.97 Å². The largest absolute Gasteiger partial charge is 0.478 e. The zero-order valence-corrected chi connectivity index (χ0v) is 14.2. The molecule has 0 saturated carbocycles. The molecule has 2 amide bonds. The zero-order chi connectivity index (χ0) is 18.0. The van der Waals surface area contributed by atoms with E-state index < -0.39 is 11.3 Å². The average molecular weight is 356 g/mol. The Labute approximate surface area is 148 Å². The minimum absolute atomic E-state index is 0.0533. The number of aromatic carboxylic acids is 1. The summed E-state index contributed by atoms with van der Waals surface area (Å²) in [6, 6.07) is 13.8. The summed E-state index contributed by atoms with van der Waals surface area (Å²) in [5, 5.41) is 11.1. The molecule has 0 aromatic heterocycles. The fourth-order valence-electron chi connectivity index (χ4n) is 2.54. The molecule has 7 heteroatoms. The molecule has 0 unspecified atom stereocenters. The van der Waals surface area contributed by atoms with Gasteiger partial charge in [-0.15, -0.1) is 0 Å². The number of benzene rings is 2. The molecule has 2 aromatic carbocycles. The lowest BCUT2D eigenvalue weighted by atomic mass is 10.1. The molecule has 3 rings (SSSR count). The van der Waals surface area contributed by atoms with Crippen LogP contribution in [0.1, 0.15) is 21.5 Å². The molecule has 0 bridgehead atoms. The van der Waals surface area contributed by atoms with Crippen LogP contribution in [0, 0.1) is 6.92 Å². The predicted octanol–water partition coefficient (Wildman–Crippen LogP) is 3.33. The minimum Gasteiger partial charge on any atom is -0.478 e. The summed E-state index contributed by atoms with van der Waals surface area (Å²) in [5.41, 5.74) is 2.50. The Bertz CT molecular complexity index is 852. The first-order valence-electron chi connectivity index (χ1n) is 7.62. The van der Waals surface area contributed by atoms with E-state index in [4.69, 9.17) is 5.11 Å². The highest BCUT2D eigenvalue weighted by Crippen LogP contribution is 2.30. The molecule has 128 valence electrons. The number of thioether (sulfide) groups is 1. The summed E-state index contributed by atoms with van der Waals surface area (Å²) >= 11 is 0.925. The van der Waals surface area contributed by atoms with Crippen molar-refractivity contribution in [2.75, 3.05) is 5.32 Å². The lowest BCUT2D eigenvalue weighted by Crippen LogP contribution is -2.34. The highest BCUT2D eigenvalue weighted by atomic mass is 32.2. The maximum Gasteiger partial charge on any atom is 0.335 e. The molecule has 1 heterocycles. The number of hydrogen-bond donors (Lipinski definition) is 2. The van der Waals surface area contributed by atoms with Crippen molar-refractivity contribution in [3.63, 3.8) is 0 Å². The molecule has 1 saturated heterocycles. The maximum absolute atomic E-state index is 12.6. The van der Waals surface area contributed by atoms with Gasteiger partial charge in [0.2, 0.25) is 0 Å². The Morgan fingerprint density at radius 3 is 2.68 bits per heavy atom. The quantitative estimate of drug-likeness (QED) is 0.855. The van der Waals surface area contributed by atoms with Gasteiger partial charge in [0.05, 0.1) is 12.1 Å². The topological polar surface area (TPSA) is 86.7 Å². The number of nitrogens with zero attached hydrogens (tertiary/aromatic N) is 1. The Balaban J connectivity index is 1.74. The van der Waals surface area contributed by atoms with Gasteiger partial charge < -0.3 is 10.4 Å². The van der Waals surface area contributed by atoms with Crippen LogP contribution in [0.4, 0.5) is 10.5 Å². The molecular weight excluding hydrogens is 340 g/mol. The molecule has 0 spiro atoms. The normalized spacial score (nSPS) is 17.0. The molecule has 0 aliphatic carbocycles. The highest BCUT2D eigenvalue weighted by molar-refractivity contribution is 8.15. The van der Waals surface area contributed by atoms with E-state index in [1.54, 1.807) is 12.1 Å². The predicted molar refractivity (Wildman–Crippen MR) is 95.5 cm³/mol. The van der Waals surface area contributed by atoms with E-state index in [0.29, 0.717) is 5.56 Å². The number of nitrogens with one attached hydrogen (secondary N) is 1. The summed E-state index contributed by atoms with van der Waals surface area (Å²) in [6.45, 7) is 1.97. The van der Waals surface area contributed by atoms with Crippen LogP contribution in [-0.2, 0) is 11.3 Å². The summed E-state index contributed by atoms with van der Waals surface area (Å²) in [6.07, 6.45) is 0. The Hall–Kier alpha value is -2.80. The van der Waals surface area contributed by atoms with Crippen molar-refractivity contribution in [1.29, 1.82) is 0 Å². The number of carboxylic acid groups (broad SMARTS) is 1. The number of imide groups is 1. The molecule has 6 nitrogen and oxygen atoms in total. The maximum atomic E-state index is 12.6. The Morgan fingerprint density at radius 1 is 1.20 bits per heavy atom. The van der Waals surface area contributed by atoms with Gasteiger partial charge in [0.1, 0.15) is 0 Å². The smallest absolute Gasteiger partial charge is 0.335 e. The van der Waals surface area contributed by atoms with Crippen LogP contribution in [0.3, 0.4) is 0 Å². The number of aryl methyl sites for hydroxylation is 1. The average Bonchev–Trinajstić information content (AvgIpc) is 2.85. The van der Waals surface area contributed by atoms with Gasteiger partial charge in [-0.25, -0.2) is 4.79 Å².